The quantitative estimate of drug-likeness (QED) is 0.0681. The molecule has 2 bridgehead atoms. The minimum Gasteiger partial charge on any atom is -0.478 e. The zero-order valence-electron chi connectivity index (χ0n) is 24.8. The molecule has 1 fully saturated rings. The molecule has 6 N–H and O–H groups in total. The van der Waals surface area contributed by atoms with Gasteiger partial charge in [0.05, 0.1) is 6.54 Å². The van der Waals surface area contributed by atoms with Crippen molar-refractivity contribution in [1.29, 1.82) is 0 Å². The summed E-state index contributed by atoms with van der Waals surface area (Å²) in [6, 6.07) is 17.2. The Bertz CT molecular complexity index is 1390. The number of nitrogens with zero attached hydrogens (tertiary/aromatic N) is 2. The summed E-state index contributed by atoms with van der Waals surface area (Å²) < 4.78 is 0. The Balaban J connectivity index is 1.52. The van der Waals surface area contributed by atoms with Crippen molar-refractivity contribution in [3.8, 4) is 0 Å². The molecule has 2 aliphatic rings. The van der Waals surface area contributed by atoms with Gasteiger partial charge in [-0.15, -0.1) is 0 Å². The maximum absolute atomic E-state index is 12.0. The Morgan fingerprint density at radius 1 is 1.05 bits per heavy atom. The van der Waals surface area contributed by atoms with Crippen LogP contribution < -0.4 is 11.5 Å². The van der Waals surface area contributed by atoms with Gasteiger partial charge in [0.1, 0.15) is 0 Å². The fourth-order valence-electron chi connectivity index (χ4n) is 7.63. The molecular weight excluding hydrogens is 522 g/mol. The van der Waals surface area contributed by atoms with Crippen LogP contribution in [-0.4, -0.2) is 34.6 Å². The topological polar surface area (TPSA) is 132 Å². The summed E-state index contributed by atoms with van der Waals surface area (Å²) in [5.41, 5.74) is 15.1. The number of aliphatic carboxylic acids is 1. The Hall–Kier alpha value is -3.74. The van der Waals surface area contributed by atoms with Gasteiger partial charge in [0.15, 0.2) is 5.96 Å². The number of aromatic amines is 1. The molecule has 7 heteroatoms. The van der Waals surface area contributed by atoms with Gasteiger partial charge in [-0.25, -0.2) is 9.79 Å². The van der Waals surface area contributed by atoms with Gasteiger partial charge in [-0.3, -0.25) is 0 Å². The highest BCUT2D eigenvalue weighted by molar-refractivity contribution is 5.85. The van der Waals surface area contributed by atoms with Crippen LogP contribution in [-0.2, 0) is 4.79 Å². The fourth-order valence-corrected chi connectivity index (χ4v) is 7.63. The molecule has 5 unspecified atom stereocenters. The van der Waals surface area contributed by atoms with Gasteiger partial charge < -0.3 is 26.9 Å². The second-order valence-corrected chi connectivity index (χ2v) is 12.3. The molecule has 42 heavy (non-hydrogen) atoms. The number of hydrogen-bond donors (Lipinski definition) is 4. The van der Waals surface area contributed by atoms with Crippen LogP contribution in [0.4, 0.5) is 5.82 Å². The summed E-state index contributed by atoms with van der Waals surface area (Å²) in [6.07, 6.45) is 15.1. The molecule has 7 nitrogen and oxygen atoms in total. The van der Waals surface area contributed by atoms with E-state index < -0.39 is 5.97 Å². The summed E-state index contributed by atoms with van der Waals surface area (Å²) in [5.74, 6) is 1.21. The van der Waals surface area contributed by atoms with E-state index in [2.05, 4.69) is 53.3 Å². The standard InChI is InChI=1S/C35H46N5O2/c1-2-3-4-5-6-7-13-27-30-20-25(29-18-23-11-8-9-12-24(23)19-31(27)29)15-16-28(30)34(40-32-14-10-17-38-32)26(21-33(41)42)22-39-35(36)37/h8-12,14,17-19,21,25,27-28,30,34,38H,2-7,13,15-16,20,22H2,1H3,(H,41,42)(H4,36,37,39)/q-1. The number of fused-ring (bicyclic) bond motifs is 5. The maximum Gasteiger partial charge on any atom is 0.328 e. The minimum atomic E-state index is -1.000. The van der Waals surface area contributed by atoms with E-state index in [9.17, 15) is 9.90 Å². The zero-order chi connectivity index (χ0) is 29.5. The molecule has 0 spiro atoms. The van der Waals surface area contributed by atoms with E-state index in [1.165, 1.54) is 66.5 Å². The van der Waals surface area contributed by atoms with Gasteiger partial charge in [0.2, 0.25) is 0 Å². The molecule has 1 heterocycles. The van der Waals surface area contributed by atoms with Crippen LogP contribution >= 0.6 is 0 Å². The van der Waals surface area contributed by atoms with Crippen LogP contribution in [0.2, 0.25) is 0 Å². The number of carboxylic acids is 1. The van der Waals surface area contributed by atoms with E-state index in [0.29, 0.717) is 23.3 Å². The molecule has 224 valence electrons. The summed E-state index contributed by atoms with van der Waals surface area (Å²) in [6.45, 7) is 2.39. The van der Waals surface area contributed by atoms with Crippen molar-refractivity contribution in [2.45, 2.75) is 89.0 Å². The number of rotatable bonds is 14. The van der Waals surface area contributed by atoms with E-state index in [4.69, 9.17) is 16.8 Å². The van der Waals surface area contributed by atoms with Crippen molar-refractivity contribution >= 4 is 28.5 Å². The first-order valence-electron chi connectivity index (χ1n) is 15.8. The summed E-state index contributed by atoms with van der Waals surface area (Å²) in [7, 11) is 0. The molecule has 0 amide bonds. The monoisotopic (exact) mass is 568 g/mol. The van der Waals surface area contributed by atoms with Gasteiger partial charge in [-0.1, -0.05) is 106 Å². The molecule has 2 aliphatic carbocycles. The lowest BCUT2D eigenvalue weighted by molar-refractivity contribution is -0.131. The molecule has 0 aliphatic heterocycles. The van der Waals surface area contributed by atoms with Gasteiger partial charge in [-0.2, -0.15) is 0 Å². The van der Waals surface area contributed by atoms with Crippen LogP contribution in [0.15, 0.2) is 71.4 Å². The van der Waals surface area contributed by atoms with E-state index in [1.54, 1.807) is 0 Å². The highest BCUT2D eigenvalue weighted by Gasteiger charge is 2.44. The van der Waals surface area contributed by atoms with Crippen LogP contribution in [0.5, 0.6) is 0 Å². The Morgan fingerprint density at radius 2 is 1.79 bits per heavy atom. The number of carbonyl (C=O) groups is 1. The lowest BCUT2D eigenvalue weighted by Gasteiger charge is -2.51. The second-order valence-electron chi connectivity index (χ2n) is 12.3. The highest BCUT2D eigenvalue weighted by atomic mass is 16.4. The molecule has 1 saturated carbocycles. The average Bonchev–Trinajstić information content (AvgIpc) is 3.50. The lowest BCUT2D eigenvalue weighted by Crippen LogP contribution is -2.40. The highest BCUT2D eigenvalue weighted by Crippen LogP contribution is 2.57. The first-order chi connectivity index (χ1) is 20.4. The zero-order valence-corrected chi connectivity index (χ0v) is 24.8. The number of aromatic nitrogens is 1. The van der Waals surface area contributed by atoms with Gasteiger partial charge >= 0.3 is 5.97 Å². The summed E-state index contributed by atoms with van der Waals surface area (Å²) in [5, 5.41) is 17.6. The number of guanidine groups is 1. The van der Waals surface area contributed by atoms with Crippen molar-refractivity contribution in [2.24, 2.45) is 28.3 Å². The normalized spacial score (nSPS) is 22.4. The third kappa shape index (κ3) is 7.00. The van der Waals surface area contributed by atoms with E-state index in [1.807, 2.05) is 18.3 Å². The van der Waals surface area contributed by atoms with Gasteiger partial charge in [0.25, 0.3) is 0 Å². The Kier molecular flexibility index (Phi) is 9.88. The van der Waals surface area contributed by atoms with Crippen LogP contribution in [0.1, 0.15) is 94.1 Å². The average molecular weight is 569 g/mol. The number of carboxylic acid groups (broad SMARTS) is 1. The van der Waals surface area contributed by atoms with E-state index in [0.717, 1.165) is 31.5 Å². The largest absolute Gasteiger partial charge is 0.478 e. The number of aliphatic imine (C=N–C) groups is 1. The van der Waals surface area contributed by atoms with Crippen molar-refractivity contribution < 1.29 is 9.90 Å². The van der Waals surface area contributed by atoms with Gasteiger partial charge in [-0.05, 0) is 82.9 Å². The fraction of sp³-hybridized carbons (Fsp3) is 0.486. The SMILES string of the molecule is CCCCCCCCC1c2cc3ccccc3cc2C2CCC(C([N-]c3ccc[nH]3)C(=CC(=O)O)CN=C(N)N)C1C2. The molecule has 3 aromatic rings. The van der Waals surface area contributed by atoms with Crippen LogP contribution in [0.3, 0.4) is 0 Å². The number of unbranched alkanes of at least 4 members (excludes halogenated alkanes) is 5. The van der Waals surface area contributed by atoms with E-state index in [-0.39, 0.29) is 24.5 Å². The Labute approximate surface area is 249 Å². The predicted octanol–water partition coefficient (Wildman–Crippen LogP) is 7.87. The first-order valence-corrected chi connectivity index (χ1v) is 15.8. The molecular formula is C35H46N5O2-. The number of nitrogens with two attached hydrogens (primary N) is 2. The molecule has 5 atom stereocenters. The molecule has 1 aromatic heterocycles. The third-order valence-corrected chi connectivity index (χ3v) is 9.53. The van der Waals surface area contributed by atoms with Crippen molar-refractivity contribution in [2.75, 3.05) is 6.54 Å². The third-order valence-electron chi connectivity index (χ3n) is 9.53. The maximum atomic E-state index is 12.0. The number of hydrogen-bond acceptors (Lipinski definition) is 2. The van der Waals surface area contributed by atoms with Crippen LogP contribution in [0, 0.1) is 11.8 Å². The first kappa shape index (κ1) is 29.7. The smallest absolute Gasteiger partial charge is 0.328 e. The van der Waals surface area contributed by atoms with Crippen LogP contribution in [0.25, 0.3) is 16.1 Å². The molecule has 2 aromatic carbocycles. The second kappa shape index (κ2) is 14.0. The van der Waals surface area contributed by atoms with Gasteiger partial charge in [0, 0.05) is 6.08 Å². The molecule has 5 rings (SSSR count). The van der Waals surface area contributed by atoms with Crippen molar-refractivity contribution in [3.05, 3.63) is 82.8 Å². The van der Waals surface area contributed by atoms with E-state index >= 15 is 0 Å². The van der Waals surface area contributed by atoms with Crippen molar-refractivity contribution in [3.63, 3.8) is 0 Å². The molecule has 0 radical (unpaired) electrons. The predicted molar refractivity (Wildman–Crippen MR) is 172 cm³/mol. The lowest BCUT2D eigenvalue weighted by atomic mass is 9.57. The number of benzene rings is 2. The Morgan fingerprint density at radius 3 is 2.48 bits per heavy atom. The number of H-pyrrole nitrogens is 1. The van der Waals surface area contributed by atoms with Crippen molar-refractivity contribution in [1.82, 2.24) is 4.98 Å². The number of nitrogens with one attached hydrogen (secondary N) is 1. The summed E-state index contributed by atoms with van der Waals surface area (Å²) in [4.78, 5) is 19.5. The minimum absolute atomic E-state index is 0.0481. The molecule has 0 saturated heterocycles. The summed E-state index contributed by atoms with van der Waals surface area (Å²) >= 11 is 0.